The van der Waals surface area contributed by atoms with Crippen molar-refractivity contribution < 1.29 is 51.4 Å². The van der Waals surface area contributed by atoms with Gasteiger partial charge in [-0.25, -0.2) is 4.79 Å². The van der Waals surface area contributed by atoms with E-state index >= 15 is 0 Å². The van der Waals surface area contributed by atoms with Crippen molar-refractivity contribution in [2.24, 2.45) is 0 Å². The summed E-state index contributed by atoms with van der Waals surface area (Å²) in [6, 6.07) is -1.55. The molecule has 0 rings (SSSR count). The first kappa shape index (κ1) is 29.0. The molecule has 4 N–H and O–H groups in total. The van der Waals surface area contributed by atoms with Gasteiger partial charge in [0.05, 0.1) is 46.1 Å². The van der Waals surface area contributed by atoms with Gasteiger partial charge in [0.2, 0.25) is 5.91 Å². The van der Waals surface area contributed by atoms with Gasteiger partial charge in [0.1, 0.15) is 17.4 Å². The molecule has 0 saturated heterocycles. The Morgan fingerprint density at radius 3 is 1.94 bits per heavy atom. The van der Waals surface area contributed by atoms with Crippen LogP contribution in [-0.4, -0.2) is 99.6 Å². The fraction of sp³-hybridized carbons (Fsp3) is 0.824. The number of amides is 2. The molecule has 0 saturated carbocycles. The summed E-state index contributed by atoms with van der Waals surface area (Å²) in [7, 11) is -4.53. The Morgan fingerprint density at radius 1 is 0.935 bits per heavy atom. The van der Waals surface area contributed by atoms with Gasteiger partial charge in [-0.05, 0) is 20.8 Å². The molecule has 182 valence electrons. The van der Waals surface area contributed by atoms with Gasteiger partial charge >= 0.3 is 12.1 Å². The Morgan fingerprint density at radius 2 is 1.45 bits per heavy atom. The molecule has 0 aliphatic carbocycles. The van der Waals surface area contributed by atoms with E-state index in [0.29, 0.717) is 0 Å². The Balaban J connectivity index is 4.07. The van der Waals surface area contributed by atoms with Crippen LogP contribution in [0.25, 0.3) is 0 Å². The molecule has 14 heteroatoms. The molecule has 0 aliphatic heterocycles. The van der Waals surface area contributed by atoms with E-state index < -0.39 is 45.5 Å². The SMILES string of the molecule is CC(C)(C)OC(=O)N[C@@H](CS(=O)(=O)O)C(=O)NCCOCCOCCOCCC(=O)O. The number of carboxylic acid groups (broad SMARTS) is 1. The molecule has 1 atom stereocenters. The molecule has 0 aliphatic rings. The molecule has 0 spiro atoms. The molecular formula is C17H32N2O11S. The summed E-state index contributed by atoms with van der Waals surface area (Å²) in [5, 5.41) is 12.9. The minimum absolute atomic E-state index is 0.0229. The van der Waals surface area contributed by atoms with Gasteiger partial charge < -0.3 is 34.7 Å². The largest absolute Gasteiger partial charge is 0.481 e. The maximum Gasteiger partial charge on any atom is 0.408 e. The van der Waals surface area contributed by atoms with Crippen LogP contribution < -0.4 is 10.6 Å². The summed E-state index contributed by atoms with van der Waals surface area (Å²) in [5.41, 5.74) is -0.857. The number of aliphatic carboxylic acids is 1. The predicted octanol–water partition coefficient (Wildman–Crippen LogP) is -0.592. The van der Waals surface area contributed by atoms with Crippen molar-refractivity contribution in [3.05, 3.63) is 0 Å². The Labute approximate surface area is 181 Å². The Hall–Kier alpha value is -2.00. The van der Waals surface area contributed by atoms with Gasteiger partial charge in [0, 0.05) is 6.54 Å². The average Bonchev–Trinajstić information content (AvgIpc) is 2.58. The minimum atomic E-state index is -4.53. The lowest BCUT2D eigenvalue weighted by Crippen LogP contribution is -2.51. The summed E-state index contributed by atoms with van der Waals surface area (Å²) in [6.07, 6.45) is -1.08. The van der Waals surface area contributed by atoms with Crippen molar-refractivity contribution in [1.82, 2.24) is 10.6 Å². The maximum absolute atomic E-state index is 12.1. The van der Waals surface area contributed by atoms with Gasteiger partial charge in [0.25, 0.3) is 10.1 Å². The van der Waals surface area contributed by atoms with Crippen molar-refractivity contribution in [3.63, 3.8) is 0 Å². The number of carbonyl (C=O) groups is 3. The van der Waals surface area contributed by atoms with Crippen LogP contribution in [0.5, 0.6) is 0 Å². The number of hydrogen-bond donors (Lipinski definition) is 4. The third-order valence-electron chi connectivity index (χ3n) is 3.13. The summed E-state index contributed by atoms with van der Waals surface area (Å²) in [4.78, 5) is 34.2. The van der Waals surface area contributed by atoms with Crippen molar-refractivity contribution in [1.29, 1.82) is 0 Å². The van der Waals surface area contributed by atoms with Crippen LogP contribution in [0.3, 0.4) is 0 Å². The molecule has 0 aromatic carbocycles. The molecule has 0 unspecified atom stereocenters. The van der Waals surface area contributed by atoms with Crippen LogP contribution in [0.15, 0.2) is 0 Å². The van der Waals surface area contributed by atoms with E-state index in [9.17, 15) is 22.8 Å². The average molecular weight is 473 g/mol. The third-order valence-corrected chi connectivity index (χ3v) is 3.89. The second-order valence-electron chi connectivity index (χ2n) is 7.22. The summed E-state index contributed by atoms with van der Waals surface area (Å²) >= 11 is 0. The lowest BCUT2D eigenvalue weighted by atomic mass is 10.2. The van der Waals surface area contributed by atoms with Crippen LogP contribution in [0.4, 0.5) is 4.79 Å². The lowest BCUT2D eigenvalue weighted by Gasteiger charge is -2.22. The number of carboxylic acids is 1. The first-order valence-electron chi connectivity index (χ1n) is 9.47. The number of hydrogen-bond acceptors (Lipinski definition) is 9. The number of rotatable bonds is 16. The zero-order chi connectivity index (χ0) is 23.9. The fourth-order valence-electron chi connectivity index (χ4n) is 1.91. The minimum Gasteiger partial charge on any atom is -0.481 e. The zero-order valence-corrected chi connectivity index (χ0v) is 18.7. The number of nitrogens with one attached hydrogen (secondary N) is 2. The molecule has 0 radical (unpaired) electrons. The van der Waals surface area contributed by atoms with Crippen LogP contribution in [-0.2, 0) is 38.7 Å². The van der Waals surface area contributed by atoms with Crippen molar-refractivity contribution in [2.45, 2.75) is 38.8 Å². The first-order valence-corrected chi connectivity index (χ1v) is 11.1. The molecule has 0 aromatic rings. The van der Waals surface area contributed by atoms with Crippen molar-refractivity contribution in [3.8, 4) is 0 Å². The van der Waals surface area contributed by atoms with E-state index in [1.807, 2.05) is 0 Å². The van der Waals surface area contributed by atoms with Gasteiger partial charge in [0.15, 0.2) is 0 Å². The Bertz CT molecular complexity index is 661. The highest BCUT2D eigenvalue weighted by Gasteiger charge is 2.28. The van der Waals surface area contributed by atoms with E-state index in [-0.39, 0.29) is 52.6 Å². The van der Waals surface area contributed by atoms with E-state index in [1.165, 1.54) is 0 Å². The molecule has 0 aromatic heterocycles. The maximum atomic E-state index is 12.1. The smallest absolute Gasteiger partial charge is 0.408 e. The highest BCUT2D eigenvalue weighted by molar-refractivity contribution is 7.85. The number of alkyl carbamates (subject to hydrolysis) is 1. The van der Waals surface area contributed by atoms with E-state index in [4.69, 9.17) is 28.6 Å². The summed E-state index contributed by atoms with van der Waals surface area (Å²) in [5.74, 6) is -2.78. The quantitative estimate of drug-likeness (QED) is 0.166. The van der Waals surface area contributed by atoms with Gasteiger partial charge in [-0.2, -0.15) is 8.42 Å². The molecule has 2 amide bonds. The second-order valence-corrected chi connectivity index (χ2v) is 8.72. The highest BCUT2D eigenvalue weighted by atomic mass is 32.2. The summed E-state index contributed by atoms with van der Waals surface area (Å²) in [6.45, 7) is 6.00. The van der Waals surface area contributed by atoms with Gasteiger partial charge in [-0.3, -0.25) is 14.1 Å². The molecule has 13 nitrogen and oxygen atoms in total. The van der Waals surface area contributed by atoms with E-state index in [1.54, 1.807) is 20.8 Å². The molecule has 0 heterocycles. The van der Waals surface area contributed by atoms with E-state index in [2.05, 4.69) is 10.6 Å². The zero-order valence-electron chi connectivity index (χ0n) is 17.9. The highest BCUT2D eigenvalue weighted by Crippen LogP contribution is 2.07. The van der Waals surface area contributed by atoms with Crippen LogP contribution >= 0.6 is 0 Å². The lowest BCUT2D eigenvalue weighted by molar-refractivity contribution is -0.138. The van der Waals surface area contributed by atoms with Crippen LogP contribution in [0, 0.1) is 0 Å². The van der Waals surface area contributed by atoms with Gasteiger partial charge in [-0.15, -0.1) is 0 Å². The van der Waals surface area contributed by atoms with Crippen molar-refractivity contribution >= 4 is 28.1 Å². The molecule has 0 fully saturated rings. The number of carbonyl (C=O) groups excluding carboxylic acids is 2. The standard InChI is InChI=1S/C17H32N2O11S/c1-17(2,3)30-16(23)19-13(12-31(24,25)26)15(22)18-5-7-28-9-11-29-10-8-27-6-4-14(20)21/h13H,4-12H2,1-3H3,(H,18,22)(H,19,23)(H,20,21)(H,24,25,26)/t13-/m0/s1. The molecule has 31 heavy (non-hydrogen) atoms. The normalized spacial score (nSPS) is 12.8. The van der Waals surface area contributed by atoms with E-state index in [0.717, 1.165) is 0 Å². The third kappa shape index (κ3) is 19.7. The predicted molar refractivity (Wildman–Crippen MR) is 107 cm³/mol. The number of ether oxygens (including phenoxy) is 4. The Kier molecular flexibility index (Phi) is 13.9. The van der Waals surface area contributed by atoms with Crippen LogP contribution in [0.2, 0.25) is 0 Å². The first-order chi connectivity index (χ1) is 14.3. The fourth-order valence-corrected chi connectivity index (χ4v) is 2.57. The van der Waals surface area contributed by atoms with Gasteiger partial charge in [-0.1, -0.05) is 0 Å². The van der Waals surface area contributed by atoms with Crippen LogP contribution in [0.1, 0.15) is 27.2 Å². The monoisotopic (exact) mass is 472 g/mol. The molecular weight excluding hydrogens is 440 g/mol. The topological polar surface area (TPSA) is 187 Å². The second kappa shape index (κ2) is 14.9. The molecule has 0 bridgehead atoms. The summed E-state index contributed by atoms with van der Waals surface area (Å²) < 4.78 is 51.7. The van der Waals surface area contributed by atoms with Crippen molar-refractivity contribution in [2.75, 3.05) is 51.9 Å².